The van der Waals surface area contributed by atoms with E-state index in [1.807, 2.05) is 24.0 Å². The predicted molar refractivity (Wildman–Crippen MR) is 115 cm³/mol. The Kier molecular flexibility index (Phi) is 6.11. The van der Waals surface area contributed by atoms with Crippen LogP contribution >= 0.6 is 0 Å². The minimum atomic E-state index is -0.0359. The second-order valence-electron chi connectivity index (χ2n) is 8.71. The van der Waals surface area contributed by atoms with Gasteiger partial charge in [0.15, 0.2) is 5.89 Å². The highest BCUT2D eigenvalue weighted by atomic mass is 16.5. The highest BCUT2D eigenvalue weighted by Gasteiger charge is 2.35. The molecule has 2 aromatic rings. The molecule has 162 valence electrons. The van der Waals surface area contributed by atoms with Gasteiger partial charge in [0.05, 0.1) is 11.7 Å². The zero-order chi connectivity index (χ0) is 21.3. The number of fused-ring (bicyclic) bond motifs is 1. The van der Waals surface area contributed by atoms with Crippen molar-refractivity contribution in [3.8, 4) is 5.75 Å². The standard InChI is InChI=1S/C23H32N4O3/c1-16-22(30-17(2)24-16)23(28)27-11-7-9-19(27)14-26-12-18-8-5-6-10-21(18)29-15-20(26)13-25(3)4/h5-6,8,10,19-20H,7,9,11-15H2,1-4H3/t19-,20-/m1/s1. The molecule has 7 nitrogen and oxygen atoms in total. The van der Waals surface area contributed by atoms with Crippen LogP contribution in [0.2, 0.25) is 0 Å². The third kappa shape index (κ3) is 4.37. The molecule has 1 amide bonds. The molecule has 0 unspecified atom stereocenters. The Labute approximate surface area is 178 Å². The van der Waals surface area contributed by atoms with Crippen molar-refractivity contribution in [2.45, 2.75) is 45.3 Å². The molecule has 0 aliphatic carbocycles. The zero-order valence-corrected chi connectivity index (χ0v) is 18.4. The van der Waals surface area contributed by atoms with Crippen molar-refractivity contribution in [2.24, 2.45) is 0 Å². The molecule has 4 rings (SSSR count). The Bertz CT molecular complexity index is 894. The number of benzene rings is 1. The van der Waals surface area contributed by atoms with Crippen LogP contribution in [0.5, 0.6) is 5.75 Å². The number of hydrogen-bond acceptors (Lipinski definition) is 6. The first-order valence-corrected chi connectivity index (χ1v) is 10.8. The van der Waals surface area contributed by atoms with Gasteiger partial charge in [0.25, 0.3) is 5.91 Å². The van der Waals surface area contributed by atoms with E-state index in [9.17, 15) is 4.79 Å². The number of oxazole rings is 1. The van der Waals surface area contributed by atoms with E-state index in [4.69, 9.17) is 9.15 Å². The monoisotopic (exact) mass is 412 g/mol. The van der Waals surface area contributed by atoms with Crippen molar-refractivity contribution in [3.63, 3.8) is 0 Å². The first-order chi connectivity index (χ1) is 14.4. The lowest BCUT2D eigenvalue weighted by Gasteiger charge is -2.35. The molecule has 2 aliphatic rings. The maximum Gasteiger partial charge on any atom is 0.291 e. The molecular formula is C23H32N4O3. The third-order valence-electron chi connectivity index (χ3n) is 6.05. The summed E-state index contributed by atoms with van der Waals surface area (Å²) in [4.78, 5) is 24.2. The van der Waals surface area contributed by atoms with Crippen molar-refractivity contribution < 1.29 is 13.9 Å². The number of likely N-dealkylation sites (tertiary alicyclic amines) is 1. The fourth-order valence-electron chi connectivity index (χ4n) is 4.64. The molecule has 7 heteroatoms. The van der Waals surface area contributed by atoms with Gasteiger partial charge in [0, 0.05) is 44.7 Å². The highest BCUT2D eigenvalue weighted by molar-refractivity contribution is 5.92. The third-order valence-corrected chi connectivity index (χ3v) is 6.05. The van der Waals surface area contributed by atoms with Crippen molar-refractivity contribution >= 4 is 5.91 Å². The van der Waals surface area contributed by atoms with E-state index in [1.54, 1.807) is 6.92 Å². The van der Waals surface area contributed by atoms with Crippen molar-refractivity contribution in [3.05, 3.63) is 47.2 Å². The van der Waals surface area contributed by atoms with Crippen molar-refractivity contribution in [2.75, 3.05) is 40.3 Å². The van der Waals surface area contributed by atoms with E-state index in [-0.39, 0.29) is 18.0 Å². The van der Waals surface area contributed by atoms with Crippen molar-refractivity contribution in [1.82, 2.24) is 19.7 Å². The molecule has 30 heavy (non-hydrogen) atoms. The van der Waals surface area contributed by atoms with Crippen LogP contribution in [-0.2, 0) is 6.54 Å². The summed E-state index contributed by atoms with van der Waals surface area (Å²) in [6, 6.07) is 8.70. The number of likely N-dealkylation sites (N-methyl/N-ethyl adjacent to an activating group) is 1. The van der Waals surface area contributed by atoms with Crippen molar-refractivity contribution in [1.29, 1.82) is 0 Å². The van der Waals surface area contributed by atoms with E-state index in [0.29, 0.717) is 24.0 Å². The Morgan fingerprint density at radius 1 is 1.23 bits per heavy atom. The fraction of sp³-hybridized carbons (Fsp3) is 0.565. The van der Waals surface area contributed by atoms with Crippen LogP contribution in [0, 0.1) is 13.8 Å². The fourth-order valence-corrected chi connectivity index (χ4v) is 4.64. The average molecular weight is 413 g/mol. The van der Waals surface area contributed by atoms with E-state index in [0.717, 1.165) is 44.8 Å². The quantitative estimate of drug-likeness (QED) is 0.753. The van der Waals surface area contributed by atoms with Crippen LogP contribution in [0.25, 0.3) is 0 Å². The summed E-state index contributed by atoms with van der Waals surface area (Å²) in [5, 5.41) is 0. The molecule has 0 radical (unpaired) electrons. The van der Waals surface area contributed by atoms with E-state index >= 15 is 0 Å². The molecule has 0 bridgehead atoms. The molecule has 1 saturated heterocycles. The van der Waals surface area contributed by atoms with Crippen LogP contribution in [-0.4, -0.2) is 78.0 Å². The lowest BCUT2D eigenvalue weighted by Crippen LogP contribution is -2.50. The molecule has 0 N–H and O–H groups in total. The summed E-state index contributed by atoms with van der Waals surface area (Å²) in [5.41, 5.74) is 1.88. The molecule has 0 spiro atoms. The number of ether oxygens (including phenoxy) is 1. The Morgan fingerprint density at radius 3 is 2.77 bits per heavy atom. The largest absolute Gasteiger partial charge is 0.492 e. The summed E-state index contributed by atoms with van der Waals surface area (Å²) in [7, 11) is 4.19. The summed E-state index contributed by atoms with van der Waals surface area (Å²) in [5.74, 6) is 1.86. The van der Waals surface area contributed by atoms with Gasteiger partial charge in [-0.05, 0) is 39.9 Å². The summed E-state index contributed by atoms with van der Waals surface area (Å²) < 4.78 is 11.8. The molecule has 2 atom stereocenters. The summed E-state index contributed by atoms with van der Waals surface area (Å²) >= 11 is 0. The summed E-state index contributed by atoms with van der Waals surface area (Å²) in [6.45, 7) is 7.60. The first kappa shape index (κ1) is 20.9. The number of aromatic nitrogens is 1. The second kappa shape index (κ2) is 8.78. The Balaban J connectivity index is 1.54. The lowest BCUT2D eigenvalue weighted by molar-refractivity contribution is 0.0589. The van der Waals surface area contributed by atoms with Crippen LogP contribution < -0.4 is 4.74 Å². The molecule has 0 saturated carbocycles. The number of hydrogen-bond donors (Lipinski definition) is 0. The van der Waals surface area contributed by atoms with Gasteiger partial charge < -0.3 is 19.0 Å². The topological polar surface area (TPSA) is 62.1 Å². The summed E-state index contributed by atoms with van der Waals surface area (Å²) in [6.07, 6.45) is 2.02. The molecular weight excluding hydrogens is 380 g/mol. The number of carbonyl (C=O) groups is 1. The van der Waals surface area contributed by atoms with Gasteiger partial charge in [0.2, 0.25) is 5.76 Å². The number of para-hydroxylation sites is 1. The van der Waals surface area contributed by atoms with Crippen LogP contribution in [0.1, 0.15) is 40.5 Å². The van der Waals surface area contributed by atoms with Gasteiger partial charge in [-0.25, -0.2) is 4.98 Å². The number of rotatable bonds is 5. The molecule has 1 aromatic carbocycles. The first-order valence-electron chi connectivity index (χ1n) is 10.8. The number of carbonyl (C=O) groups excluding carboxylic acids is 1. The van der Waals surface area contributed by atoms with Gasteiger partial charge in [-0.1, -0.05) is 18.2 Å². The number of aryl methyl sites for hydroxylation is 2. The van der Waals surface area contributed by atoms with Gasteiger partial charge in [-0.3, -0.25) is 9.69 Å². The molecule has 2 aliphatic heterocycles. The molecule has 1 fully saturated rings. The van der Waals surface area contributed by atoms with Crippen LogP contribution in [0.4, 0.5) is 0 Å². The van der Waals surface area contributed by atoms with Gasteiger partial charge in [0.1, 0.15) is 12.4 Å². The van der Waals surface area contributed by atoms with E-state index in [2.05, 4.69) is 41.0 Å². The van der Waals surface area contributed by atoms with Gasteiger partial charge in [-0.2, -0.15) is 0 Å². The number of amides is 1. The minimum Gasteiger partial charge on any atom is -0.492 e. The van der Waals surface area contributed by atoms with E-state index in [1.165, 1.54) is 5.56 Å². The highest BCUT2D eigenvalue weighted by Crippen LogP contribution is 2.28. The Morgan fingerprint density at radius 2 is 2.03 bits per heavy atom. The van der Waals surface area contributed by atoms with Gasteiger partial charge >= 0.3 is 0 Å². The SMILES string of the molecule is Cc1nc(C)c(C(=O)N2CCC[C@@H]2CN2Cc3ccccc3OC[C@H]2CN(C)C)o1. The second-order valence-corrected chi connectivity index (χ2v) is 8.71. The minimum absolute atomic E-state index is 0.0359. The normalized spacial score (nSPS) is 22.1. The molecule has 3 heterocycles. The van der Waals surface area contributed by atoms with Crippen LogP contribution in [0.3, 0.4) is 0 Å². The molecule has 1 aromatic heterocycles. The lowest BCUT2D eigenvalue weighted by atomic mass is 10.1. The maximum atomic E-state index is 13.2. The number of nitrogens with zero attached hydrogens (tertiary/aromatic N) is 4. The van der Waals surface area contributed by atoms with E-state index < -0.39 is 0 Å². The zero-order valence-electron chi connectivity index (χ0n) is 18.4. The predicted octanol–water partition coefficient (Wildman–Crippen LogP) is 2.72. The Hall–Kier alpha value is -2.38. The van der Waals surface area contributed by atoms with Crippen LogP contribution in [0.15, 0.2) is 28.7 Å². The smallest absolute Gasteiger partial charge is 0.291 e. The van der Waals surface area contributed by atoms with Gasteiger partial charge in [-0.15, -0.1) is 0 Å². The maximum absolute atomic E-state index is 13.2. The average Bonchev–Trinajstić information content (AvgIpc) is 3.25.